The smallest absolute Gasteiger partial charge is 0.212 e. The average Bonchev–Trinajstić information content (AvgIpc) is 2.51. The normalized spacial score (nSPS) is 18.6. The fourth-order valence-electron chi connectivity index (χ4n) is 2.79. The van der Waals surface area contributed by atoms with E-state index >= 15 is 0 Å². The van der Waals surface area contributed by atoms with Crippen LogP contribution in [0.25, 0.3) is 11.1 Å². The van der Waals surface area contributed by atoms with Crippen molar-refractivity contribution in [3.05, 3.63) is 47.7 Å². The number of pyridine rings is 1. The minimum absolute atomic E-state index is 0.477. The second-order valence-corrected chi connectivity index (χ2v) is 5.41. The Labute approximate surface area is 120 Å². The second-order valence-electron chi connectivity index (χ2n) is 5.41. The van der Waals surface area contributed by atoms with E-state index in [1.807, 2.05) is 12.3 Å². The number of fused-ring (bicyclic) bond motifs is 1. The zero-order valence-electron chi connectivity index (χ0n) is 12.3. The van der Waals surface area contributed by atoms with Crippen molar-refractivity contribution in [2.24, 2.45) is 0 Å². The van der Waals surface area contributed by atoms with Gasteiger partial charge in [0.2, 0.25) is 5.88 Å². The van der Waals surface area contributed by atoms with Gasteiger partial charge in [0.25, 0.3) is 0 Å². The van der Waals surface area contributed by atoms with E-state index in [1.54, 1.807) is 7.11 Å². The number of likely N-dealkylation sites (N-methyl/N-ethyl adjacent to an activating group) is 1. The van der Waals surface area contributed by atoms with Crippen molar-refractivity contribution in [1.29, 1.82) is 0 Å². The number of hydrogen-bond acceptors (Lipinski definition) is 3. The molecule has 3 heteroatoms. The molecule has 1 atom stereocenters. The second kappa shape index (κ2) is 5.25. The number of aromatic nitrogens is 1. The fraction of sp³-hybridized carbons (Fsp3) is 0.353. The lowest BCUT2D eigenvalue weighted by molar-refractivity contribution is 0.247. The van der Waals surface area contributed by atoms with Crippen LogP contribution in [0.3, 0.4) is 0 Å². The van der Waals surface area contributed by atoms with Gasteiger partial charge in [0.05, 0.1) is 7.11 Å². The van der Waals surface area contributed by atoms with Crippen molar-refractivity contribution in [1.82, 2.24) is 9.88 Å². The predicted molar refractivity (Wildman–Crippen MR) is 81.0 cm³/mol. The lowest BCUT2D eigenvalue weighted by Gasteiger charge is -2.32. The molecule has 1 aromatic heterocycles. The Morgan fingerprint density at radius 3 is 2.70 bits per heavy atom. The molecule has 2 heterocycles. The van der Waals surface area contributed by atoms with Crippen molar-refractivity contribution >= 4 is 0 Å². The van der Waals surface area contributed by atoms with E-state index in [2.05, 4.69) is 48.1 Å². The monoisotopic (exact) mass is 268 g/mol. The van der Waals surface area contributed by atoms with Gasteiger partial charge in [0, 0.05) is 30.4 Å². The Morgan fingerprint density at radius 1 is 1.20 bits per heavy atom. The zero-order chi connectivity index (χ0) is 14.1. The Kier molecular flexibility index (Phi) is 3.45. The van der Waals surface area contributed by atoms with Crippen LogP contribution in [0.2, 0.25) is 0 Å². The first-order valence-electron chi connectivity index (χ1n) is 7.02. The molecule has 1 aliphatic rings. The maximum absolute atomic E-state index is 5.11. The summed E-state index contributed by atoms with van der Waals surface area (Å²) < 4.78 is 5.11. The molecule has 104 valence electrons. The summed E-state index contributed by atoms with van der Waals surface area (Å²) in [4.78, 5) is 6.69. The molecule has 0 spiro atoms. The van der Waals surface area contributed by atoms with E-state index in [0.717, 1.165) is 18.5 Å². The molecular formula is C17H20N2O. The largest absolute Gasteiger partial charge is 0.481 e. The van der Waals surface area contributed by atoms with E-state index in [-0.39, 0.29) is 0 Å². The zero-order valence-corrected chi connectivity index (χ0v) is 12.3. The molecule has 20 heavy (non-hydrogen) atoms. The molecule has 0 aliphatic carbocycles. The van der Waals surface area contributed by atoms with Crippen LogP contribution in [0.4, 0.5) is 0 Å². The maximum atomic E-state index is 5.11. The molecule has 0 saturated carbocycles. The number of hydrogen-bond donors (Lipinski definition) is 0. The molecule has 0 amide bonds. The van der Waals surface area contributed by atoms with Gasteiger partial charge in [0.15, 0.2) is 0 Å². The van der Waals surface area contributed by atoms with E-state index in [9.17, 15) is 0 Å². The van der Waals surface area contributed by atoms with E-state index < -0.39 is 0 Å². The van der Waals surface area contributed by atoms with Gasteiger partial charge in [-0.25, -0.2) is 4.98 Å². The van der Waals surface area contributed by atoms with E-state index in [0.29, 0.717) is 11.9 Å². The highest BCUT2D eigenvalue weighted by molar-refractivity contribution is 5.64. The van der Waals surface area contributed by atoms with Gasteiger partial charge in [0.1, 0.15) is 0 Å². The van der Waals surface area contributed by atoms with Crippen LogP contribution in [-0.2, 0) is 6.42 Å². The Morgan fingerprint density at radius 2 is 2.00 bits per heavy atom. The van der Waals surface area contributed by atoms with Crippen LogP contribution in [0.5, 0.6) is 5.88 Å². The lowest BCUT2D eigenvalue weighted by atomic mass is 9.91. The van der Waals surface area contributed by atoms with E-state index in [1.165, 1.54) is 16.7 Å². The summed E-state index contributed by atoms with van der Waals surface area (Å²) in [6, 6.07) is 11.2. The first kappa shape index (κ1) is 13.1. The predicted octanol–water partition coefficient (Wildman–Crippen LogP) is 3.31. The molecule has 1 unspecified atom stereocenters. The molecular weight excluding hydrogens is 248 g/mol. The number of benzene rings is 1. The maximum Gasteiger partial charge on any atom is 0.212 e. The van der Waals surface area contributed by atoms with Gasteiger partial charge >= 0.3 is 0 Å². The Bertz CT molecular complexity index is 607. The molecule has 0 saturated heterocycles. The summed E-state index contributed by atoms with van der Waals surface area (Å²) >= 11 is 0. The van der Waals surface area contributed by atoms with Gasteiger partial charge in [-0.1, -0.05) is 12.1 Å². The summed E-state index contributed by atoms with van der Waals surface area (Å²) in [7, 11) is 3.83. The van der Waals surface area contributed by atoms with Crippen molar-refractivity contribution in [3.63, 3.8) is 0 Å². The van der Waals surface area contributed by atoms with Crippen molar-refractivity contribution < 1.29 is 4.74 Å². The molecule has 3 rings (SSSR count). The van der Waals surface area contributed by atoms with Crippen LogP contribution in [-0.4, -0.2) is 30.6 Å². The van der Waals surface area contributed by atoms with Gasteiger partial charge in [-0.15, -0.1) is 0 Å². The molecule has 1 aliphatic heterocycles. The molecule has 3 nitrogen and oxygen atoms in total. The average molecular weight is 268 g/mol. The number of ether oxygens (including phenoxy) is 1. The first-order valence-corrected chi connectivity index (χ1v) is 7.02. The molecule has 0 fully saturated rings. The Balaban J connectivity index is 1.98. The van der Waals surface area contributed by atoms with Gasteiger partial charge < -0.3 is 4.74 Å². The highest BCUT2D eigenvalue weighted by atomic mass is 16.5. The first-order chi connectivity index (χ1) is 9.69. The standard InChI is InChI=1S/C17H20N2O/c1-12-16-10-14(5-4-13(16)8-9-19(12)2)15-6-7-17(20-3)18-11-15/h4-7,10-12H,8-9H2,1-3H3. The summed E-state index contributed by atoms with van der Waals surface area (Å²) in [6.45, 7) is 3.41. The topological polar surface area (TPSA) is 25.4 Å². The highest BCUT2D eigenvalue weighted by Gasteiger charge is 2.21. The lowest BCUT2D eigenvalue weighted by Crippen LogP contribution is -2.30. The van der Waals surface area contributed by atoms with Crippen molar-refractivity contribution in [3.8, 4) is 17.0 Å². The summed E-state index contributed by atoms with van der Waals surface area (Å²) in [5, 5.41) is 0. The number of rotatable bonds is 2. The third-order valence-electron chi connectivity index (χ3n) is 4.27. The molecule has 0 N–H and O–H groups in total. The van der Waals surface area contributed by atoms with E-state index in [4.69, 9.17) is 4.74 Å². The van der Waals surface area contributed by atoms with Crippen LogP contribution >= 0.6 is 0 Å². The molecule has 1 aromatic carbocycles. The summed E-state index contributed by atoms with van der Waals surface area (Å²) in [5.74, 6) is 0.653. The SMILES string of the molecule is COc1ccc(-c2ccc3c(c2)C(C)N(C)CC3)cn1. The minimum Gasteiger partial charge on any atom is -0.481 e. The van der Waals surface area contributed by atoms with Crippen LogP contribution < -0.4 is 4.74 Å². The third kappa shape index (κ3) is 2.29. The number of methoxy groups -OCH3 is 1. The summed E-state index contributed by atoms with van der Waals surface area (Å²) in [6.07, 6.45) is 3.01. The van der Waals surface area contributed by atoms with Gasteiger partial charge in [-0.05, 0) is 49.2 Å². The summed E-state index contributed by atoms with van der Waals surface area (Å²) in [5.41, 5.74) is 5.27. The third-order valence-corrected chi connectivity index (χ3v) is 4.27. The van der Waals surface area contributed by atoms with Gasteiger partial charge in [-0.2, -0.15) is 0 Å². The quantitative estimate of drug-likeness (QED) is 0.835. The van der Waals surface area contributed by atoms with Crippen molar-refractivity contribution in [2.45, 2.75) is 19.4 Å². The molecule has 0 radical (unpaired) electrons. The van der Waals surface area contributed by atoms with Crippen LogP contribution in [0, 0.1) is 0 Å². The minimum atomic E-state index is 0.477. The van der Waals surface area contributed by atoms with Crippen molar-refractivity contribution in [2.75, 3.05) is 20.7 Å². The van der Waals surface area contributed by atoms with Gasteiger partial charge in [-0.3, -0.25) is 4.90 Å². The van der Waals surface area contributed by atoms with Crippen LogP contribution in [0.15, 0.2) is 36.5 Å². The number of nitrogens with zero attached hydrogens (tertiary/aromatic N) is 2. The highest BCUT2D eigenvalue weighted by Crippen LogP contribution is 2.32. The van der Waals surface area contributed by atoms with Crippen LogP contribution in [0.1, 0.15) is 24.1 Å². The molecule has 2 aromatic rings. The fourth-order valence-corrected chi connectivity index (χ4v) is 2.79. The molecule has 0 bridgehead atoms. The Hall–Kier alpha value is -1.87.